The lowest BCUT2D eigenvalue weighted by molar-refractivity contribution is -0.119. The van der Waals surface area contributed by atoms with Crippen LogP contribution < -0.4 is 19.1 Å². The summed E-state index contributed by atoms with van der Waals surface area (Å²) in [4.78, 5) is 12.8. The number of para-hydroxylation sites is 1. The average Bonchev–Trinajstić information content (AvgIpc) is 2.83. The molecule has 1 N–H and O–H groups in total. The van der Waals surface area contributed by atoms with Gasteiger partial charge in [0.15, 0.2) is 11.5 Å². The Morgan fingerprint density at radius 2 is 1.50 bits per heavy atom. The Bertz CT molecular complexity index is 1140. The number of carbonyl (C=O) groups is 1. The molecule has 3 aromatic carbocycles. The van der Waals surface area contributed by atoms with E-state index in [-0.39, 0.29) is 11.4 Å². The molecule has 0 unspecified atom stereocenters. The van der Waals surface area contributed by atoms with E-state index in [1.54, 1.807) is 68.8 Å². The Morgan fingerprint density at radius 3 is 2.12 bits per heavy atom. The summed E-state index contributed by atoms with van der Waals surface area (Å²) in [6.07, 6.45) is 0.558. The van der Waals surface area contributed by atoms with Gasteiger partial charge in [0.25, 0.3) is 10.0 Å². The van der Waals surface area contributed by atoms with Crippen molar-refractivity contribution in [2.45, 2.75) is 11.3 Å². The molecule has 3 rings (SSSR count). The highest BCUT2D eigenvalue weighted by molar-refractivity contribution is 7.92. The molecule has 0 saturated carbocycles. The number of sulfonamides is 1. The number of amides is 1. The van der Waals surface area contributed by atoms with Crippen LogP contribution in [-0.2, 0) is 21.2 Å². The predicted octanol–water partition coefficient (Wildman–Crippen LogP) is 3.26. The molecule has 0 atom stereocenters. The van der Waals surface area contributed by atoms with Gasteiger partial charge in [0.05, 0.1) is 24.8 Å². The summed E-state index contributed by atoms with van der Waals surface area (Å²) in [5.74, 6) is 0.847. The summed E-state index contributed by atoms with van der Waals surface area (Å²) in [6.45, 7) is 0.0233. The normalized spacial score (nSPS) is 10.9. The van der Waals surface area contributed by atoms with E-state index in [0.717, 1.165) is 9.87 Å². The van der Waals surface area contributed by atoms with Crippen molar-refractivity contribution in [1.82, 2.24) is 5.32 Å². The van der Waals surface area contributed by atoms with E-state index in [0.29, 0.717) is 30.2 Å². The average molecular weight is 455 g/mol. The summed E-state index contributed by atoms with van der Waals surface area (Å²) >= 11 is 0. The molecule has 0 aliphatic rings. The van der Waals surface area contributed by atoms with Crippen LogP contribution in [0.4, 0.5) is 5.69 Å². The van der Waals surface area contributed by atoms with Crippen LogP contribution in [0.15, 0.2) is 83.8 Å². The Kier molecular flexibility index (Phi) is 7.72. The summed E-state index contributed by atoms with van der Waals surface area (Å²) < 4.78 is 38.1. The van der Waals surface area contributed by atoms with Crippen molar-refractivity contribution in [3.05, 3.63) is 84.4 Å². The molecule has 0 aromatic heterocycles. The third-order valence-electron chi connectivity index (χ3n) is 4.85. The molecule has 0 aliphatic carbocycles. The number of carbonyl (C=O) groups excluding carboxylic acids is 1. The van der Waals surface area contributed by atoms with Crippen molar-refractivity contribution < 1.29 is 22.7 Å². The quantitative estimate of drug-likeness (QED) is 0.508. The van der Waals surface area contributed by atoms with Gasteiger partial charge in [-0.05, 0) is 48.4 Å². The van der Waals surface area contributed by atoms with Gasteiger partial charge in [-0.15, -0.1) is 0 Å². The Labute approximate surface area is 188 Å². The minimum Gasteiger partial charge on any atom is -0.493 e. The SMILES string of the molecule is COc1ccc(CCNC(=O)CN(c2ccccc2)S(=O)(=O)c2ccccc2)cc1OC. The minimum atomic E-state index is -3.90. The second-order valence-electron chi connectivity index (χ2n) is 6.95. The van der Waals surface area contributed by atoms with Crippen LogP contribution in [0.25, 0.3) is 0 Å². The highest BCUT2D eigenvalue weighted by atomic mass is 32.2. The summed E-state index contributed by atoms with van der Waals surface area (Å²) in [6, 6.07) is 22.2. The van der Waals surface area contributed by atoms with Gasteiger partial charge in [0.1, 0.15) is 6.54 Å². The van der Waals surface area contributed by atoms with Gasteiger partial charge in [0, 0.05) is 6.54 Å². The van der Waals surface area contributed by atoms with Gasteiger partial charge in [-0.2, -0.15) is 0 Å². The Morgan fingerprint density at radius 1 is 0.875 bits per heavy atom. The minimum absolute atomic E-state index is 0.127. The molecular weight excluding hydrogens is 428 g/mol. The highest BCUT2D eigenvalue weighted by Crippen LogP contribution is 2.27. The molecule has 32 heavy (non-hydrogen) atoms. The van der Waals surface area contributed by atoms with Crippen LogP contribution in [0.1, 0.15) is 5.56 Å². The zero-order valence-corrected chi connectivity index (χ0v) is 18.8. The number of hydrogen-bond donors (Lipinski definition) is 1. The maximum atomic E-state index is 13.2. The van der Waals surface area contributed by atoms with Crippen molar-refractivity contribution in [2.75, 3.05) is 31.6 Å². The second-order valence-corrected chi connectivity index (χ2v) is 8.81. The van der Waals surface area contributed by atoms with E-state index in [2.05, 4.69) is 5.32 Å². The van der Waals surface area contributed by atoms with Gasteiger partial charge in [-0.25, -0.2) is 8.42 Å². The molecule has 0 radical (unpaired) electrons. The van der Waals surface area contributed by atoms with Crippen LogP contribution in [0.5, 0.6) is 11.5 Å². The smallest absolute Gasteiger partial charge is 0.264 e. The first-order valence-electron chi connectivity index (χ1n) is 10.1. The summed E-state index contributed by atoms with van der Waals surface area (Å²) in [7, 11) is -0.768. The molecule has 8 heteroatoms. The number of nitrogens with zero attached hydrogens (tertiary/aromatic N) is 1. The van der Waals surface area contributed by atoms with Crippen molar-refractivity contribution in [3.8, 4) is 11.5 Å². The summed E-state index contributed by atoms with van der Waals surface area (Å²) in [5.41, 5.74) is 1.38. The van der Waals surface area contributed by atoms with E-state index in [1.807, 2.05) is 12.1 Å². The molecule has 0 spiro atoms. The van der Waals surface area contributed by atoms with E-state index < -0.39 is 15.9 Å². The molecule has 0 aliphatic heterocycles. The topological polar surface area (TPSA) is 84.9 Å². The number of hydrogen-bond acceptors (Lipinski definition) is 5. The summed E-state index contributed by atoms with van der Waals surface area (Å²) in [5, 5.41) is 2.80. The Balaban J connectivity index is 1.70. The Hall–Kier alpha value is -3.52. The molecular formula is C24H26N2O5S. The molecule has 7 nitrogen and oxygen atoms in total. The lowest BCUT2D eigenvalue weighted by atomic mass is 10.1. The zero-order valence-electron chi connectivity index (χ0n) is 18.0. The van der Waals surface area contributed by atoms with Crippen LogP contribution in [0.2, 0.25) is 0 Å². The van der Waals surface area contributed by atoms with Gasteiger partial charge in [-0.1, -0.05) is 42.5 Å². The fourth-order valence-electron chi connectivity index (χ4n) is 3.20. The first kappa shape index (κ1) is 23.1. The van der Waals surface area contributed by atoms with Crippen LogP contribution in [-0.4, -0.2) is 41.6 Å². The van der Waals surface area contributed by atoms with Gasteiger partial charge < -0.3 is 14.8 Å². The van der Waals surface area contributed by atoms with Crippen LogP contribution in [0, 0.1) is 0 Å². The fraction of sp³-hybridized carbons (Fsp3) is 0.208. The van der Waals surface area contributed by atoms with Crippen molar-refractivity contribution >= 4 is 21.6 Å². The number of benzene rings is 3. The maximum Gasteiger partial charge on any atom is 0.264 e. The maximum absolute atomic E-state index is 13.2. The van der Waals surface area contributed by atoms with E-state index >= 15 is 0 Å². The van der Waals surface area contributed by atoms with E-state index in [9.17, 15) is 13.2 Å². The second kappa shape index (κ2) is 10.7. The molecule has 0 heterocycles. The van der Waals surface area contributed by atoms with Crippen molar-refractivity contribution in [1.29, 1.82) is 0 Å². The van der Waals surface area contributed by atoms with E-state index in [1.165, 1.54) is 12.1 Å². The zero-order chi connectivity index (χ0) is 23.0. The van der Waals surface area contributed by atoms with Gasteiger partial charge in [-0.3, -0.25) is 9.10 Å². The first-order valence-corrected chi connectivity index (χ1v) is 11.5. The molecule has 0 fully saturated rings. The third kappa shape index (κ3) is 5.59. The monoisotopic (exact) mass is 454 g/mol. The van der Waals surface area contributed by atoms with Gasteiger partial charge >= 0.3 is 0 Å². The van der Waals surface area contributed by atoms with Gasteiger partial charge in [0.2, 0.25) is 5.91 Å². The number of nitrogens with one attached hydrogen (secondary N) is 1. The highest BCUT2D eigenvalue weighted by Gasteiger charge is 2.26. The molecule has 1 amide bonds. The lowest BCUT2D eigenvalue weighted by Gasteiger charge is -2.24. The largest absolute Gasteiger partial charge is 0.493 e. The molecule has 0 saturated heterocycles. The van der Waals surface area contributed by atoms with E-state index in [4.69, 9.17) is 9.47 Å². The lowest BCUT2D eigenvalue weighted by Crippen LogP contribution is -2.41. The first-order chi connectivity index (χ1) is 15.5. The number of rotatable bonds is 10. The molecule has 168 valence electrons. The standard InChI is InChI=1S/C24H26N2O5S/c1-30-22-14-13-19(17-23(22)31-2)15-16-25-24(27)18-26(20-9-5-3-6-10-20)32(28,29)21-11-7-4-8-12-21/h3-14,17H,15-16,18H2,1-2H3,(H,25,27). The van der Waals surface area contributed by atoms with Crippen LogP contribution >= 0.6 is 0 Å². The number of ether oxygens (including phenoxy) is 2. The van der Waals surface area contributed by atoms with Crippen molar-refractivity contribution in [3.63, 3.8) is 0 Å². The predicted molar refractivity (Wildman–Crippen MR) is 124 cm³/mol. The molecule has 0 bridgehead atoms. The van der Waals surface area contributed by atoms with Crippen LogP contribution in [0.3, 0.4) is 0 Å². The number of anilines is 1. The third-order valence-corrected chi connectivity index (χ3v) is 6.63. The molecule has 3 aromatic rings. The fourth-order valence-corrected chi connectivity index (χ4v) is 4.64. The van der Waals surface area contributed by atoms with Crippen molar-refractivity contribution in [2.24, 2.45) is 0 Å². The number of methoxy groups -OCH3 is 2.